The smallest absolute Gasteiger partial charge is 0.282 e. The Labute approximate surface area is 179 Å². The highest BCUT2D eigenvalue weighted by Crippen LogP contribution is 2.31. The van der Waals surface area contributed by atoms with E-state index in [2.05, 4.69) is 4.99 Å². The molecule has 0 saturated carbocycles. The first kappa shape index (κ1) is 19.7. The highest BCUT2D eigenvalue weighted by molar-refractivity contribution is 6.34. The van der Waals surface area contributed by atoms with Crippen molar-refractivity contribution in [1.29, 1.82) is 0 Å². The number of halogens is 1. The molecular weight excluding hydrogens is 400 g/mol. The van der Waals surface area contributed by atoms with E-state index in [1.165, 1.54) is 0 Å². The fourth-order valence-electron chi connectivity index (χ4n) is 3.23. The topological polar surface area (TPSA) is 51.1 Å². The quantitative estimate of drug-likeness (QED) is 0.535. The minimum atomic E-state index is -0.207. The summed E-state index contributed by atoms with van der Waals surface area (Å²) in [5, 5.41) is 0.621. The lowest BCUT2D eigenvalue weighted by molar-refractivity contribution is -0.113. The number of rotatable bonds is 5. The molecule has 0 aliphatic carbocycles. The van der Waals surface area contributed by atoms with Gasteiger partial charge in [0.25, 0.3) is 5.91 Å². The molecule has 1 heterocycles. The summed E-state index contributed by atoms with van der Waals surface area (Å²) in [6.07, 6.45) is 1.74. The Balaban J connectivity index is 1.80. The zero-order valence-corrected chi connectivity index (χ0v) is 17.3. The number of hydrogen-bond donors (Lipinski definition) is 0. The van der Waals surface area contributed by atoms with Gasteiger partial charge in [0.05, 0.1) is 19.9 Å². The lowest BCUT2D eigenvalue weighted by Gasteiger charge is -2.18. The molecule has 0 bridgehead atoms. The number of methoxy groups -OCH3 is 2. The predicted octanol–water partition coefficient (Wildman–Crippen LogP) is 5.19. The molecule has 0 saturated heterocycles. The first-order valence-corrected chi connectivity index (χ1v) is 9.66. The van der Waals surface area contributed by atoms with Crippen molar-refractivity contribution in [3.63, 3.8) is 0 Å². The van der Waals surface area contributed by atoms with Crippen LogP contribution >= 0.6 is 11.6 Å². The van der Waals surface area contributed by atoms with Crippen LogP contribution in [0.3, 0.4) is 0 Å². The Morgan fingerprint density at radius 3 is 2.27 bits per heavy atom. The van der Waals surface area contributed by atoms with E-state index in [9.17, 15) is 4.79 Å². The summed E-state index contributed by atoms with van der Waals surface area (Å²) < 4.78 is 10.6. The van der Waals surface area contributed by atoms with Gasteiger partial charge in [-0.3, -0.25) is 9.69 Å². The SMILES string of the molecule is COc1ccc(/C=C2/N=C(c3ccc(Cl)cc3)N(c3ccccc3)C2=O)cc1OC. The van der Waals surface area contributed by atoms with Crippen LogP contribution in [-0.2, 0) is 4.79 Å². The van der Waals surface area contributed by atoms with Crippen LogP contribution in [0.5, 0.6) is 11.5 Å². The van der Waals surface area contributed by atoms with Gasteiger partial charge in [0.1, 0.15) is 11.5 Å². The largest absolute Gasteiger partial charge is 0.493 e. The molecule has 3 aromatic carbocycles. The zero-order valence-electron chi connectivity index (χ0n) is 16.5. The van der Waals surface area contributed by atoms with Crippen LogP contribution in [0.1, 0.15) is 11.1 Å². The third-order valence-corrected chi connectivity index (χ3v) is 4.94. The minimum Gasteiger partial charge on any atom is -0.493 e. The van der Waals surface area contributed by atoms with Crippen molar-refractivity contribution in [2.24, 2.45) is 4.99 Å². The highest BCUT2D eigenvalue weighted by Gasteiger charge is 2.32. The maximum Gasteiger partial charge on any atom is 0.282 e. The van der Waals surface area contributed by atoms with Crippen LogP contribution < -0.4 is 14.4 Å². The summed E-state index contributed by atoms with van der Waals surface area (Å²) in [5.41, 5.74) is 2.65. The molecule has 6 heteroatoms. The second kappa shape index (κ2) is 8.43. The van der Waals surface area contributed by atoms with E-state index in [0.717, 1.165) is 16.8 Å². The fraction of sp³-hybridized carbons (Fsp3) is 0.0833. The molecule has 1 aliphatic heterocycles. The average molecular weight is 419 g/mol. The third-order valence-electron chi connectivity index (χ3n) is 4.69. The van der Waals surface area contributed by atoms with E-state index in [-0.39, 0.29) is 5.91 Å². The standard InChI is InChI=1S/C24H19ClN2O3/c1-29-21-13-8-16(15-22(21)30-2)14-20-24(28)27(19-6-4-3-5-7-19)23(26-20)17-9-11-18(25)12-10-17/h3-15H,1-2H3/b20-14+. The van der Waals surface area contributed by atoms with E-state index >= 15 is 0 Å². The maximum absolute atomic E-state index is 13.3. The monoisotopic (exact) mass is 418 g/mol. The lowest BCUT2D eigenvalue weighted by atomic mass is 10.1. The molecule has 0 spiro atoms. The lowest BCUT2D eigenvalue weighted by Crippen LogP contribution is -2.32. The van der Waals surface area contributed by atoms with Gasteiger partial charge in [-0.05, 0) is 60.2 Å². The Bertz CT molecular complexity index is 1140. The van der Waals surface area contributed by atoms with Gasteiger partial charge >= 0.3 is 0 Å². The molecule has 150 valence electrons. The van der Waals surface area contributed by atoms with Gasteiger partial charge in [0, 0.05) is 10.6 Å². The number of aliphatic imine (C=N–C) groups is 1. The fourth-order valence-corrected chi connectivity index (χ4v) is 3.35. The maximum atomic E-state index is 13.3. The summed E-state index contributed by atoms with van der Waals surface area (Å²) in [5.74, 6) is 1.54. The zero-order chi connectivity index (χ0) is 21.1. The highest BCUT2D eigenvalue weighted by atomic mass is 35.5. The second-order valence-corrected chi connectivity index (χ2v) is 7.00. The average Bonchev–Trinajstić information content (AvgIpc) is 3.10. The number of hydrogen-bond acceptors (Lipinski definition) is 4. The molecule has 3 aromatic rings. The van der Waals surface area contributed by atoms with Crippen molar-refractivity contribution in [2.75, 3.05) is 19.1 Å². The molecule has 0 N–H and O–H groups in total. The molecule has 0 unspecified atom stereocenters. The van der Waals surface area contributed by atoms with Gasteiger partial charge in [0.15, 0.2) is 11.5 Å². The molecule has 1 amide bonds. The van der Waals surface area contributed by atoms with E-state index in [1.54, 1.807) is 43.4 Å². The molecule has 0 aromatic heterocycles. The number of anilines is 1. The number of ether oxygens (including phenoxy) is 2. The molecule has 0 atom stereocenters. The molecule has 5 nitrogen and oxygen atoms in total. The van der Waals surface area contributed by atoms with Gasteiger partial charge in [0.2, 0.25) is 0 Å². The van der Waals surface area contributed by atoms with Crippen molar-refractivity contribution in [3.8, 4) is 11.5 Å². The Morgan fingerprint density at radius 1 is 0.900 bits per heavy atom. The van der Waals surface area contributed by atoms with Crippen LogP contribution in [-0.4, -0.2) is 26.0 Å². The molecular formula is C24H19ClN2O3. The summed E-state index contributed by atoms with van der Waals surface area (Å²) in [7, 11) is 3.15. The summed E-state index contributed by atoms with van der Waals surface area (Å²) in [4.78, 5) is 19.6. The van der Waals surface area contributed by atoms with Crippen LogP contribution in [0.25, 0.3) is 6.08 Å². The molecule has 1 aliphatic rings. The minimum absolute atomic E-state index is 0.207. The number of amides is 1. The number of nitrogens with zero attached hydrogens (tertiary/aromatic N) is 2. The van der Waals surface area contributed by atoms with Gasteiger partial charge < -0.3 is 9.47 Å². The summed E-state index contributed by atoms with van der Waals surface area (Å²) in [6.45, 7) is 0. The van der Waals surface area contributed by atoms with Crippen LogP contribution in [0, 0.1) is 0 Å². The van der Waals surface area contributed by atoms with Crippen molar-refractivity contribution >= 4 is 35.1 Å². The van der Waals surface area contributed by atoms with Crippen LogP contribution in [0.2, 0.25) is 5.02 Å². The number of benzene rings is 3. The van der Waals surface area contributed by atoms with Crippen molar-refractivity contribution in [3.05, 3.63) is 94.6 Å². The van der Waals surface area contributed by atoms with E-state index in [1.807, 2.05) is 54.6 Å². The number of carbonyl (C=O) groups excluding carboxylic acids is 1. The molecule has 0 radical (unpaired) electrons. The number of para-hydroxylation sites is 1. The Morgan fingerprint density at radius 2 is 1.60 bits per heavy atom. The van der Waals surface area contributed by atoms with E-state index < -0.39 is 0 Å². The van der Waals surface area contributed by atoms with Gasteiger partial charge in [-0.2, -0.15) is 0 Å². The van der Waals surface area contributed by atoms with Crippen molar-refractivity contribution in [1.82, 2.24) is 0 Å². The molecule has 4 rings (SSSR count). The molecule has 0 fully saturated rings. The first-order chi connectivity index (χ1) is 14.6. The van der Waals surface area contributed by atoms with Gasteiger partial charge in [-0.15, -0.1) is 0 Å². The van der Waals surface area contributed by atoms with Crippen molar-refractivity contribution in [2.45, 2.75) is 0 Å². The Kier molecular flexibility index (Phi) is 5.55. The number of amidine groups is 1. The third kappa shape index (κ3) is 3.80. The van der Waals surface area contributed by atoms with Crippen molar-refractivity contribution < 1.29 is 14.3 Å². The Hall–Kier alpha value is -3.57. The van der Waals surface area contributed by atoms with E-state index in [4.69, 9.17) is 21.1 Å². The molecule has 30 heavy (non-hydrogen) atoms. The van der Waals surface area contributed by atoms with Crippen LogP contribution in [0.4, 0.5) is 5.69 Å². The summed E-state index contributed by atoms with van der Waals surface area (Å²) in [6, 6.07) is 22.2. The van der Waals surface area contributed by atoms with E-state index in [0.29, 0.717) is 28.1 Å². The first-order valence-electron chi connectivity index (χ1n) is 9.28. The van der Waals surface area contributed by atoms with Gasteiger partial charge in [-0.1, -0.05) is 35.9 Å². The van der Waals surface area contributed by atoms with Crippen LogP contribution in [0.15, 0.2) is 83.5 Å². The number of carbonyl (C=O) groups is 1. The van der Waals surface area contributed by atoms with Gasteiger partial charge in [-0.25, -0.2) is 4.99 Å². The second-order valence-electron chi connectivity index (χ2n) is 6.56. The predicted molar refractivity (Wildman–Crippen MR) is 119 cm³/mol. The summed E-state index contributed by atoms with van der Waals surface area (Å²) >= 11 is 6.04. The normalized spacial score (nSPS) is 14.8.